The normalized spacial score (nSPS) is 21.8. The molecule has 11 nitrogen and oxygen atoms in total. The van der Waals surface area contributed by atoms with Crippen LogP contribution in [0.25, 0.3) is 5.65 Å². The fraction of sp³-hybridized carbons (Fsp3) is 0.455. The predicted octanol–water partition coefficient (Wildman–Crippen LogP) is 1.13. The quantitative estimate of drug-likeness (QED) is 0.522. The molecular formula is C22H28N8O3. The van der Waals surface area contributed by atoms with Crippen LogP contribution in [0.2, 0.25) is 0 Å². The van der Waals surface area contributed by atoms with Crippen molar-refractivity contribution < 1.29 is 9.53 Å². The molecule has 1 saturated carbocycles. The molecule has 0 unspecified atom stereocenters. The minimum absolute atomic E-state index is 0.115. The molecule has 4 heterocycles. The minimum atomic E-state index is -0.649. The van der Waals surface area contributed by atoms with Gasteiger partial charge in [-0.15, -0.1) is 0 Å². The number of fused-ring (bicyclic) bond motifs is 1. The molecule has 5 rings (SSSR count). The zero-order valence-electron chi connectivity index (χ0n) is 18.3. The Balaban J connectivity index is 1.35. The number of carbonyl (C=O) groups excluding carboxylic acids is 1. The van der Waals surface area contributed by atoms with Crippen LogP contribution in [0.3, 0.4) is 0 Å². The first-order valence-corrected chi connectivity index (χ1v) is 11.3. The molecule has 1 aliphatic heterocycles. The Morgan fingerprint density at radius 3 is 2.61 bits per heavy atom. The van der Waals surface area contributed by atoms with Crippen LogP contribution in [0.1, 0.15) is 42.1 Å². The van der Waals surface area contributed by atoms with E-state index in [0.29, 0.717) is 17.5 Å². The highest BCUT2D eigenvalue weighted by molar-refractivity contribution is 5.98. The van der Waals surface area contributed by atoms with Crippen LogP contribution in [-0.2, 0) is 4.74 Å². The Kier molecular flexibility index (Phi) is 5.73. The largest absolute Gasteiger partial charge is 0.383 e. The molecule has 0 aromatic carbocycles. The van der Waals surface area contributed by atoms with Gasteiger partial charge in [-0.3, -0.25) is 14.5 Å². The Morgan fingerprint density at radius 2 is 1.88 bits per heavy atom. The number of amides is 1. The van der Waals surface area contributed by atoms with Gasteiger partial charge < -0.3 is 26.1 Å². The number of ether oxygens (including phenoxy) is 1. The summed E-state index contributed by atoms with van der Waals surface area (Å²) in [4.78, 5) is 31.8. The molecule has 1 aliphatic carbocycles. The first kappa shape index (κ1) is 21.4. The van der Waals surface area contributed by atoms with Crippen LogP contribution < -0.4 is 22.3 Å². The van der Waals surface area contributed by atoms with E-state index in [4.69, 9.17) is 16.2 Å². The number of morpholine rings is 1. The van der Waals surface area contributed by atoms with Crippen molar-refractivity contribution in [2.75, 3.05) is 37.4 Å². The lowest BCUT2D eigenvalue weighted by Gasteiger charge is -2.39. The first-order valence-electron chi connectivity index (χ1n) is 11.3. The number of carbonyl (C=O) groups is 1. The van der Waals surface area contributed by atoms with Gasteiger partial charge in [-0.1, -0.05) is 0 Å². The van der Waals surface area contributed by atoms with Gasteiger partial charge in [-0.25, -0.2) is 4.98 Å². The van der Waals surface area contributed by atoms with Crippen molar-refractivity contribution in [1.29, 1.82) is 0 Å². The molecule has 33 heavy (non-hydrogen) atoms. The monoisotopic (exact) mass is 452 g/mol. The van der Waals surface area contributed by atoms with Crippen molar-refractivity contribution in [3.8, 4) is 0 Å². The maximum absolute atomic E-state index is 13.3. The lowest BCUT2D eigenvalue weighted by atomic mass is 9.89. The van der Waals surface area contributed by atoms with E-state index in [2.05, 4.69) is 20.3 Å². The number of nitrogens with zero attached hydrogens (tertiary/aromatic N) is 5. The van der Waals surface area contributed by atoms with E-state index in [-0.39, 0.29) is 28.6 Å². The lowest BCUT2D eigenvalue weighted by molar-refractivity contribution is 0.00535. The average Bonchev–Trinajstić information content (AvgIpc) is 3.26. The number of anilines is 3. The number of hydrogen-bond donors (Lipinski definition) is 3. The van der Waals surface area contributed by atoms with E-state index >= 15 is 0 Å². The number of hydrogen-bond acceptors (Lipinski definition) is 8. The zero-order valence-corrected chi connectivity index (χ0v) is 18.3. The smallest absolute Gasteiger partial charge is 0.274 e. The summed E-state index contributed by atoms with van der Waals surface area (Å²) in [5.74, 6) is -0.0367. The van der Waals surface area contributed by atoms with E-state index in [0.717, 1.165) is 52.0 Å². The fourth-order valence-corrected chi connectivity index (χ4v) is 4.90. The van der Waals surface area contributed by atoms with E-state index < -0.39 is 5.91 Å². The fourth-order valence-electron chi connectivity index (χ4n) is 4.90. The highest BCUT2D eigenvalue weighted by Crippen LogP contribution is 2.31. The molecule has 0 spiro atoms. The predicted molar refractivity (Wildman–Crippen MR) is 124 cm³/mol. The summed E-state index contributed by atoms with van der Waals surface area (Å²) < 4.78 is 8.62. The summed E-state index contributed by atoms with van der Waals surface area (Å²) in [6.07, 6.45) is 7.23. The van der Waals surface area contributed by atoms with Gasteiger partial charge in [0.2, 0.25) is 0 Å². The van der Waals surface area contributed by atoms with Crippen molar-refractivity contribution in [2.24, 2.45) is 5.73 Å². The summed E-state index contributed by atoms with van der Waals surface area (Å²) in [6.45, 7) is 3.59. The van der Waals surface area contributed by atoms with E-state index in [1.165, 1.54) is 10.7 Å². The molecule has 1 amide bonds. The van der Waals surface area contributed by atoms with Crippen LogP contribution in [0.5, 0.6) is 0 Å². The number of primary amides is 1. The number of rotatable bonds is 5. The second-order valence-electron chi connectivity index (χ2n) is 8.59. The zero-order chi connectivity index (χ0) is 22.9. The molecule has 2 aliphatic rings. The Labute approximate surface area is 190 Å². The van der Waals surface area contributed by atoms with Crippen LogP contribution in [-0.4, -0.2) is 62.3 Å². The van der Waals surface area contributed by atoms with E-state index in [1.807, 2.05) is 16.8 Å². The summed E-state index contributed by atoms with van der Waals surface area (Å²) >= 11 is 0. The highest BCUT2D eigenvalue weighted by Gasteiger charge is 2.28. The maximum atomic E-state index is 13.3. The van der Waals surface area contributed by atoms with Crippen molar-refractivity contribution in [3.63, 3.8) is 0 Å². The second-order valence-corrected chi connectivity index (χ2v) is 8.59. The Bertz CT molecular complexity index is 1220. The standard InChI is InChI=1S/C22H28N8O3/c23-18-12-19(27-21-16(20(24)31)13-25-30(18)21)26-17-2-1-7-29(22(17)32)15-5-3-14(4-6-15)28-8-10-33-11-9-28/h1-2,7,12-15H,3-6,8-11,23H2,(H2,24,31)(H,26,27)/t14-,15+. The first-order chi connectivity index (χ1) is 16.0. The van der Waals surface area contributed by atoms with Gasteiger partial charge in [0.25, 0.3) is 11.5 Å². The van der Waals surface area contributed by atoms with Gasteiger partial charge in [0.15, 0.2) is 5.65 Å². The number of nitrogen functional groups attached to an aromatic ring is 1. The summed E-state index contributed by atoms with van der Waals surface area (Å²) in [5.41, 5.74) is 12.1. The van der Waals surface area contributed by atoms with Crippen molar-refractivity contribution in [1.82, 2.24) is 24.1 Å². The molecular weight excluding hydrogens is 424 g/mol. The molecule has 2 fully saturated rings. The van der Waals surface area contributed by atoms with E-state index in [1.54, 1.807) is 12.1 Å². The van der Waals surface area contributed by atoms with Crippen LogP contribution in [0.4, 0.5) is 17.3 Å². The Hall–Kier alpha value is -3.44. The topological polar surface area (TPSA) is 146 Å². The molecule has 0 radical (unpaired) electrons. The van der Waals surface area contributed by atoms with Gasteiger partial charge in [0, 0.05) is 37.4 Å². The molecule has 11 heteroatoms. The van der Waals surface area contributed by atoms with Gasteiger partial charge in [-0.2, -0.15) is 9.61 Å². The Morgan fingerprint density at radius 1 is 1.15 bits per heavy atom. The SMILES string of the molecule is NC(=O)c1cnn2c(N)cc(Nc3cccn([C@H]4CC[C@@H](N5CCOCC5)CC4)c3=O)nc12. The molecule has 3 aromatic heterocycles. The van der Waals surface area contributed by atoms with Gasteiger partial charge in [-0.05, 0) is 37.8 Å². The number of pyridine rings is 1. The third kappa shape index (κ3) is 4.16. The molecule has 3 aromatic rings. The summed E-state index contributed by atoms with van der Waals surface area (Å²) in [5, 5.41) is 7.11. The van der Waals surface area contributed by atoms with E-state index in [9.17, 15) is 9.59 Å². The molecule has 174 valence electrons. The maximum Gasteiger partial charge on any atom is 0.274 e. The molecule has 5 N–H and O–H groups in total. The van der Waals surface area contributed by atoms with Crippen LogP contribution in [0, 0.1) is 0 Å². The summed E-state index contributed by atoms with van der Waals surface area (Å²) in [6, 6.07) is 5.86. The van der Waals surface area contributed by atoms with Crippen LogP contribution >= 0.6 is 0 Å². The third-order valence-electron chi connectivity index (χ3n) is 6.62. The van der Waals surface area contributed by atoms with Gasteiger partial charge in [0.05, 0.1) is 19.4 Å². The average molecular weight is 453 g/mol. The molecule has 1 saturated heterocycles. The van der Waals surface area contributed by atoms with Crippen molar-refractivity contribution in [3.05, 3.63) is 46.5 Å². The van der Waals surface area contributed by atoms with Crippen molar-refractivity contribution >= 4 is 28.9 Å². The summed E-state index contributed by atoms with van der Waals surface area (Å²) in [7, 11) is 0. The van der Waals surface area contributed by atoms with Gasteiger partial charge in [0.1, 0.15) is 22.9 Å². The molecule has 0 atom stereocenters. The number of nitrogens with one attached hydrogen (secondary N) is 1. The van der Waals surface area contributed by atoms with Crippen LogP contribution in [0.15, 0.2) is 35.4 Å². The number of nitrogens with two attached hydrogens (primary N) is 2. The molecule has 0 bridgehead atoms. The highest BCUT2D eigenvalue weighted by atomic mass is 16.5. The van der Waals surface area contributed by atoms with Crippen molar-refractivity contribution in [2.45, 2.75) is 37.8 Å². The second kappa shape index (κ2) is 8.83. The lowest BCUT2D eigenvalue weighted by Crippen LogP contribution is -2.45. The minimum Gasteiger partial charge on any atom is -0.383 e. The third-order valence-corrected chi connectivity index (χ3v) is 6.62. The van der Waals surface area contributed by atoms with Gasteiger partial charge >= 0.3 is 0 Å². The number of aromatic nitrogens is 4.